The summed E-state index contributed by atoms with van der Waals surface area (Å²) in [4.78, 5) is 40.6. The quantitative estimate of drug-likeness (QED) is 0.733. The van der Waals surface area contributed by atoms with E-state index < -0.39 is 24.1 Å². The van der Waals surface area contributed by atoms with Crippen molar-refractivity contribution in [3.05, 3.63) is 29.8 Å². The summed E-state index contributed by atoms with van der Waals surface area (Å²) in [5.74, 6) is -0.897. The highest BCUT2D eigenvalue weighted by atomic mass is 19.3. The van der Waals surface area contributed by atoms with Crippen LogP contribution in [0, 0.1) is 0 Å². The van der Waals surface area contributed by atoms with E-state index in [-0.39, 0.29) is 24.2 Å². The molecule has 1 N–H and O–H groups in total. The molecule has 7 nitrogen and oxygen atoms in total. The summed E-state index contributed by atoms with van der Waals surface area (Å²) < 4.78 is 28.9. The first-order valence-electron chi connectivity index (χ1n) is 9.67. The van der Waals surface area contributed by atoms with Gasteiger partial charge in [-0.25, -0.2) is 4.79 Å². The Kier molecular flexibility index (Phi) is 6.04. The molecule has 0 bridgehead atoms. The fourth-order valence-corrected chi connectivity index (χ4v) is 3.92. The van der Waals surface area contributed by atoms with Crippen LogP contribution in [0.3, 0.4) is 0 Å². The fraction of sp³-hybridized carbons (Fsp3) is 0.550. The zero-order chi connectivity index (χ0) is 21.2. The van der Waals surface area contributed by atoms with Crippen LogP contribution in [0.25, 0.3) is 0 Å². The smallest absolute Gasteiger partial charge is 0.387 e. The molecule has 0 unspecified atom stereocenters. The minimum atomic E-state index is -2.95. The summed E-state index contributed by atoms with van der Waals surface area (Å²) in [6, 6.07) is 4.96. The molecule has 158 valence electrons. The number of carbonyl (C=O) groups excluding carboxylic acids is 3. The van der Waals surface area contributed by atoms with Crippen LogP contribution in [-0.2, 0) is 15.1 Å². The van der Waals surface area contributed by atoms with Crippen LogP contribution in [0.15, 0.2) is 24.3 Å². The van der Waals surface area contributed by atoms with Crippen LogP contribution in [0.1, 0.15) is 44.6 Å². The second-order valence-corrected chi connectivity index (χ2v) is 7.65. The number of likely N-dealkylation sites (N-methyl/N-ethyl adjacent to an activating group) is 1. The maximum atomic E-state index is 13.0. The number of imide groups is 1. The molecule has 1 saturated carbocycles. The Morgan fingerprint density at radius 3 is 2.45 bits per heavy atom. The molecule has 1 heterocycles. The van der Waals surface area contributed by atoms with E-state index in [1.807, 2.05) is 0 Å². The van der Waals surface area contributed by atoms with Crippen molar-refractivity contribution in [3.8, 4) is 5.75 Å². The lowest BCUT2D eigenvalue weighted by atomic mass is 9.92. The highest BCUT2D eigenvalue weighted by Crippen LogP contribution is 2.30. The molecule has 0 aromatic heterocycles. The van der Waals surface area contributed by atoms with Crippen molar-refractivity contribution in [2.45, 2.75) is 57.2 Å². The van der Waals surface area contributed by atoms with Gasteiger partial charge in [0.1, 0.15) is 17.8 Å². The fourth-order valence-electron chi connectivity index (χ4n) is 3.92. The Morgan fingerprint density at radius 1 is 1.24 bits per heavy atom. The van der Waals surface area contributed by atoms with Crippen molar-refractivity contribution in [2.24, 2.45) is 0 Å². The standard InChI is InChI=1S/C20H25F2N3O4/c1-20(13-8-10-15(11-9-13)29-18(21)22)17(27)25(19(28)23-20)12-16(26)24(2)14-6-4-3-5-7-14/h8-11,14,18H,3-7,12H2,1-2H3,(H,23,28)/t20-/m0/s1. The maximum absolute atomic E-state index is 13.0. The first kappa shape index (κ1) is 21.0. The Balaban J connectivity index is 1.70. The molecule has 1 saturated heterocycles. The molecule has 1 aromatic carbocycles. The van der Waals surface area contributed by atoms with Crippen molar-refractivity contribution in [2.75, 3.05) is 13.6 Å². The Morgan fingerprint density at radius 2 is 1.86 bits per heavy atom. The highest BCUT2D eigenvalue weighted by Gasteiger charge is 2.49. The third kappa shape index (κ3) is 4.33. The third-order valence-corrected chi connectivity index (χ3v) is 5.74. The van der Waals surface area contributed by atoms with Crippen LogP contribution in [0.4, 0.5) is 13.6 Å². The predicted octanol–water partition coefficient (Wildman–Crippen LogP) is 2.85. The van der Waals surface area contributed by atoms with Gasteiger partial charge in [0.05, 0.1) is 0 Å². The van der Waals surface area contributed by atoms with Gasteiger partial charge in [0.2, 0.25) is 5.91 Å². The van der Waals surface area contributed by atoms with Gasteiger partial charge in [0, 0.05) is 13.1 Å². The number of nitrogens with one attached hydrogen (secondary N) is 1. The van der Waals surface area contributed by atoms with Crippen molar-refractivity contribution >= 4 is 17.8 Å². The lowest BCUT2D eigenvalue weighted by Crippen LogP contribution is -2.46. The molecule has 1 aromatic rings. The van der Waals surface area contributed by atoms with E-state index in [9.17, 15) is 23.2 Å². The maximum Gasteiger partial charge on any atom is 0.387 e. The Bertz CT molecular complexity index is 780. The monoisotopic (exact) mass is 409 g/mol. The van der Waals surface area contributed by atoms with Gasteiger partial charge in [-0.3, -0.25) is 14.5 Å². The molecular formula is C20H25F2N3O4. The van der Waals surface area contributed by atoms with E-state index in [1.54, 1.807) is 11.9 Å². The van der Waals surface area contributed by atoms with Crippen LogP contribution in [-0.4, -0.2) is 53.9 Å². The molecule has 29 heavy (non-hydrogen) atoms. The Hall–Kier alpha value is -2.71. The first-order valence-corrected chi connectivity index (χ1v) is 9.67. The number of carbonyl (C=O) groups is 3. The average Bonchev–Trinajstić information content (AvgIpc) is 2.92. The topological polar surface area (TPSA) is 79.0 Å². The lowest BCUT2D eigenvalue weighted by molar-refractivity contribution is -0.139. The summed E-state index contributed by atoms with van der Waals surface area (Å²) in [6.07, 6.45) is 5.13. The zero-order valence-corrected chi connectivity index (χ0v) is 16.5. The highest BCUT2D eigenvalue weighted by molar-refractivity contribution is 6.09. The van der Waals surface area contributed by atoms with Gasteiger partial charge in [-0.2, -0.15) is 8.78 Å². The number of benzene rings is 1. The van der Waals surface area contributed by atoms with Crippen LogP contribution < -0.4 is 10.1 Å². The van der Waals surface area contributed by atoms with E-state index >= 15 is 0 Å². The summed E-state index contributed by atoms with van der Waals surface area (Å²) in [7, 11) is 1.71. The number of amides is 4. The van der Waals surface area contributed by atoms with Gasteiger partial charge in [-0.05, 0) is 37.5 Å². The number of halogens is 2. The van der Waals surface area contributed by atoms with E-state index in [4.69, 9.17) is 0 Å². The first-order chi connectivity index (χ1) is 13.7. The molecule has 1 aliphatic carbocycles. The number of rotatable bonds is 6. The summed E-state index contributed by atoms with van der Waals surface area (Å²) >= 11 is 0. The second-order valence-electron chi connectivity index (χ2n) is 7.65. The lowest BCUT2D eigenvalue weighted by Gasteiger charge is -2.32. The van der Waals surface area contributed by atoms with Crippen LogP contribution >= 0.6 is 0 Å². The molecule has 1 aliphatic heterocycles. The molecule has 0 spiro atoms. The minimum Gasteiger partial charge on any atom is -0.435 e. The molecule has 2 fully saturated rings. The Labute approximate surface area is 168 Å². The number of ether oxygens (including phenoxy) is 1. The molecular weight excluding hydrogens is 384 g/mol. The largest absolute Gasteiger partial charge is 0.435 e. The van der Waals surface area contributed by atoms with Crippen LogP contribution in [0.2, 0.25) is 0 Å². The van der Waals surface area contributed by atoms with Crippen molar-refractivity contribution in [1.29, 1.82) is 0 Å². The van der Waals surface area contributed by atoms with Gasteiger partial charge in [0.25, 0.3) is 5.91 Å². The number of hydrogen-bond acceptors (Lipinski definition) is 4. The minimum absolute atomic E-state index is 0.0507. The van der Waals surface area contributed by atoms with E-state index in [1.165, 1.54) is 31.2 Å². The number of hydrogen-bond donors (Lipinski definition) is 1. The summed E-state index contributed by atoms with van der Waals surface area (Å²) in [5.41, 5.74) is -0.975. The normalized spacial score (nSPS) is 22.7. The number of urea groups is 1. The van der Waals surface area contributed by atoms with Crippen molar-refractivity contribution < 1.29 is 27.9 Å². The average molecular weight is 409 g/mol. The zero-order valence-electron chi connectivity index (χ0n) is 16.5. The van der Waals surface area contributed by atoms with E-state index in [0.717, 1.165) is 37.0 Å². The number of alkyl halides is 2. The van der Waals surface area contributed by atoms with Crippen molar-refractivity contribution in [3.63, 3.8) is 0 Å². The van der Waals surface area contributed by atoms with Crippen LogP contribution in [0.5, 0.6) is 5.75 Å². The number of nitrogens with zero attached hydrogens (tertiary/aromatic N) is 2. The van der Waals surface area contributed by atoms with Gasteiger partial charge in [-0.15, -0.1) is 0 Å². The molecule has 3 rings (SSSR count). The van der Waals surface area contributed by atoms with E-state index in [0.29, 0.717) is 5.56 Å². The van der Waals surface area contributed by atoms with E-state index in [2.05, 4.69) is 10.1 Å². The molecule has 2 aliphatic rings. The van der Waals surface area contributed by atoms with Gasteiger partial charge >= 0.3 is 12.6 Å². The third-order valence-electron chi connectivity index (χ3n) is 5.74. The molecule has 4 amide bonds. The second kappa shape index (κ2) is 8.34. The van der Waals surface area contributed by atoms with Gasteiger partial charge in [-0.1, -0.05) is 31.4 Å². The summed E-state index contributed by atoms with van der Waals surface area (Å²) in [6.45, 7) is -1.77. The van der Waals surface area contributed by atoms with Gasteiger partial charge in [0.15, 0.2) is 0 Å². The molecule has 0 radical (unpaired) electrons. The SMILES string of the molecule is CN(C(=O)CN1C(=O)N[C@@](C)(c2ccc(OC(F)F)cc2)C1=O)C1CCCCC1. The van der Waals surface area contributed by atoms with Gasteiger partial charge < -0.3 is 15.0 Å². The summed E-state index contributed by atoms with van der Waals surface area (Å²) in [5, 5.41) is 2.61. The van der Waals surface area contributed by atoms with Crippen molar-refractivity contribution in [1.82, 2.24) is 15.1 Å². The molecule has 1 atom stereocenters. The molecule has 9 heteroatoms. The predicted molar refractivity (Wildman–Crippen MR) is 100 cm³/mol.